The van der Waals surface area contributed by atoms with Gasteiger partial charge in [0, 0.05) is 31.2 Å². The van der Waals surface area contributed by atoms with Gasteiger partial charge in [0.2, 0.25) is 0 Å². The monoisotopic (exact) mass is 574 g/mol. The molecule has 0 aliphatic heterocycles. The Kier molecular flexibility index (Phi) is 9.34. The van der Waals surface area contributed by atoms with Crippen LogP contribution in [0.4, 0.5) is 10.5 Å². The molecule has 4 N–H and O–H groups in total. The number of nitrogens with one attached hydrogen (secondary N) is 2. The molecule has 0 bridgehead atoms. The molecule has 10 heteroatoms. The van der Waals surface area contributed by atoms with E-state index in [-0.39, 0.29) is 23.0 Å². The number of anilines is 1. The van der Waals surface area contributed by atoms with E-state index in [2.05, 4.69) is 78.4 Å². The Morgan fingerprint density at radius 3 is 2.54 bits per heavy atom. The maximum atomic E-state index is 12.5. The number of carbonyl (C=O) groups is 2. The number of imidazole rings is 1. The fraction of sp³-hybridized carbons (Fsp3) is 0.387. The first-order chi connectivity index (χ1) is 19.4. The molecule has 2 aromatic carbocycles. The van der Waals surface area contributed by atoms with Crippen molar-refractivity contribution in [3.8, 4) is 0 Å². The van der Waals surface area contributed by atoms with Gasteiger partial charge in [0.25, 0.3) is 5.91 Å². The minimum atomic E-state index is -2.10. The summed E-state index contributed by atoms with van der Waals surface area (Å²) in [5.41, 5.74) is 8.66. The van der Waals surface area contributed by atoms with Crippen molar-refractivity contribution in [2.45, 2.75) is 70.9 Å². The molecule has 3 amide bonds. The zero-order chi connectivity index (χ0) is 29.6. The fourth-order valence-electron chi connectivity index (χ4n) is 4.44. The molecular weight excluding hydrogens is 532 g/mol. The number of nitrogens with two attached hydrogens (primary N) is 1. The van der Waals surface area contributed by atoms with Crippen LogP contribution in [0.2, 0.25) is 18.1 Å². The van der Waals surface area contributed by atoms with Crippen LogP contribution < -0.4 is 16.4 Å². The van der Waals surface area contributed by atoms with Gasteiger partial charge in [-0.05, 0) is 66.5 Å². The number of benzene rings is 2. The van der Waals surface area contributed by atoms with E-state index in [9.17, 15) is 9.59 Å². The molecule has 9 nitrogen and oxygen atoms in total. The summed E-state index contributed by atoms with van der Waals surface area (Å²) in [5, 5.41) is 7.03. The number of aromatic nitrogens is 3. The number of aryl methyl sites for hydroxylation is 1. The third kappa shape index (κ3) is 7.86. The van der Waals surface area contributed by atoms with E-state index in [4.69, 9.17) is 10.2 Å². The highest BCUT2D eigenvalue weighted by Crippen LogP contribution is 2.39. The lowest BCUT2D eigenvalue weighted by atomic mass is 10.1. The molecule has 0 aliphatic carbocycles. The number of rotatable bonds is 12. The van der Waals surface area contributed by atoms with Crippen LogP contribution in [-0.4, -0.2) is 40.9 Å². The van der Waals surface area contributed by atoms with Crippen LogP contribution in [0.5, 0.6) is 0 Å². The minimum absolute atomic E-state index is 0.0339. The summed E-state index contributed by atoms with van der Waals surface area (Å²) in [6.45, 7) is 12.4. The summed E-state index contributed by atoms with van der Waals surface area (Å²) in [4.78, 5) is 28.3. The zero-order valence-corrected chi connectivity index (χ0v) is 25.7. The summed E-state index contributed by atoms with van der Waals surface area (Å²) in [5.74, 6) is -0.553. The highest BCUT2D eigenvalue weighted by atomic mass is 28.4. The second-order valence-electron chi connectivity index (χ2n) is 11.9. The van der Waals surface area contributed by atoms with Gasteiger partial charge in [-0.15, -0.1) is 0 Å². The number of primary amides is 1. The van der Waals surface area contributed by atoms with Crippen molar-refractivity contribution in [2.75, 3.05) is 11.9 Å². The van der Waals surface area contributed by atoms with Gasteiger partial charge < -0.3 is 29.9 Å². The lowest BCUT2D eigenvalue weighted by Crippen LogP contribution is -2.42. The van der Waals surface area contributed by atoms with E-state index in [1.54, 1.807) is 12.5 Å². The van der Waals surface area contributed by atoms with E-state index in [0.717, 1.165) is 42.4 Å². The number of amides is 3. The van der Waals surface area contributed by atoms with Crippen LogP contribution in [0, 0.1) is 0 Å². The van der Waals surface area contributed by atoms with Gasteiger partial charge in [0.15, 0.2) is 8.32 Å². The van der Waals surface area contributed by atoms with Gasteiger partial charge in [-0.25, -0.2) is 9.78 Å². The molecule has 2 aromatic heterocycles. The molecule has 0 fully saturated rings. The van der Waals surface area contributed by atoms with Crippen molar-refractivity contribution in [2.24, 2.45) is 5.73 Å². The summed E-state index contributed by atoms with van der Waals surface area (Å²) in [6, 6.07) is 17.9. The van der Waals surface area contributed by atoms with Crippen molar-refractivity contribution in [3.05, 3.63) is 84.6 Å². The van der Waals surface area contributed by atoms with Gasteiger partial charge in [-0.1, -0.05) is 57.2 Å². The predicted octanol–water partition coefficient (Wildman–Crippen LogP) is 6.30. The van der Waals surface area contributed by atoms with Crippen molar-refractivity contribution >= 4 is 36.8 Å². The normalized spacial score (nSPS) is 12.8. The van der Waals surface area contributed by atoms with Gasteiger partial charge in [0.05, 0.1) is 11.8 Å². The quantitative estimate of drug-likeness (QED) is 0.172. The average Bonchev–Trinajstić information content (AvgIpc) is 3.56. The Balaban J connectivity index is 1.39. The smallest absolute Gasteiger partial charge is 0.319 e. The lowest BCUT2D eigenvalue weighted by molar-refractivity contribution is 0.0984. The largest absolute Gasteiger partial charge is 0.397 e. The highest BCUT2D eigenvalue weighted by molar-refractivity contribution is 6.74. The molecule has 1 atom stereocenters. The Labute approximate surface area is 243 Å². The number of hydrogen-bond acceptors (Lipinski definition) is 4. The molecular formula is C31H42N6O3Si. The van der Waals surface area contributed by atoms with Crippen LogP contribution in [-0.2, 0) is 17.4 Å². The minimum Gasteiger partial charge on any atom is -0.397 e. The van der Waals surface area contributed by atoms with Crippen molar-refractivity contribution in [3.63, 3.8) is 0 Å². The summed E-state index contributed by atoms with van der Waals surface area (Å²) < 4.78 is 10.8. The van der Waals surface area contributed by atoms with Crippen LogP contribution in [0.1, 0.15) is 55.9 Å². The number of urea groups is 1. The molecule has 0 radical (unpaired) electrons. The van der Waals surface area contributed by atoms with Crippen LogP contribution in [0.25, 0.3) is 10.9 Å². The lowest BCUT2D eigenvalue weighted by Gasteiger charge is -2.39. The van der Waals surface area contributed by atoms with Crippen LogP contribution in [0.15, 0.2) is 73.3 Å². The van der Waals surface area contributed by atoms with E-state index >= 15 is 0 Å². The van der Waals surface area contributed by atoms with Crippen LogP contribution in [0.3, 0.4) is 0 Å². The number of hydrogen-bond donors (Lipinski definition) is 3. The van der Waals surface area contributed by atoms with E-state index < -0.39 is 14.2 Å². The SMILES string of the molecule is CC(C)(C)[Si](C)(C)OC(CCCn1ccc2ccc(NC(=O)NCCc3ccccc3)cc21)n1cnc(C(N)=O)c1. The van der Waals surface area contributed by atoms with E-state index in [1.807, 2.05) is 41.0 Å². The molecule has 2 heterocycles. The van der Waals surface area contributed by atoms with Gasteiger partial charge >= 0.3 is 6.03 Å². The molecule has 4 aromatic rings. The van der Waals surface area contributed by atoms with Crippen molar-refractivity contribution in [1.82, 2.24) is 19.4 Å². The molecule has 4 rings (SSSR count). The molecule has 1 unspecified atom stereocenters. The molecule has 0 saturated carbocycles. The summed E-state index contributed by atoms with van der Waals surface area (Å²) in [6.07, 6.45) is 7.47. The first-order valence-corrected chi connectivity index (χ1v) is 17.0. The van der Waals surface area contributed by atoms with Crippen molar-refractivity contribution in [1.29, 1.82) is 0 Å². The third-order valence-electron chi connectivity index (χ3n) is 7.85. The Morgan fingerprint density at radius 1 is 1.10 bits per heavy atom. The standard InChI is InChI=1S/C31H42N6O3Si/c1-31(2,3)41(4,5)40-28(37-21-26(29(32)38)34-22-37)12-9-18-36-19-16-24-13-14-25(20-27(24)36)35-30(39)33-17-15-23-10-7-6-8-11-23/h6-8,10-11,13-14,16,19-22,28H,9,12,15,17-18H2,1-5H3,(H2,32,38)(H2,33,35,39). The number of fused-ring (bicyclic) bond motifs is 1. The second-order valence-corrected chi connectivity index (χ2v) is 16.7. The summed E-state index contributed by atoms with van der Waals surface area (Å²) in [7, 11) is -2.10. The number of nitrogens with zero attached hydrogens (tertiary/aromatic N) is 3. The molecule has 41 heavy (non-hydrogen) atoms. The Hall–Kier alpha value is -3.89. The molecule has 0 saturated heterocycles. The topological polar surface area (TPSA) is 116 Å². The number of carbonyl (C=O) groups excluding carboxylic acids is 2. The molecule has 0 aliphatic rings. The second kappa shape index (κ2) is 12.7. The maximum Gasteiger partial charge on any atom is 0.319 e. The van der Waals surface area contributed by atoms with Gasteiger partial charge in [-0.3, -0.25) is 4.79 Å². The van der Waals surface area contributed by atoms with E-state index in [1.165, 1.54) is 5.56 Å². The Bertz CT molecular complexity index is 1470. The highest BCUT2D eigenvalue weighted by Gasteiger charge is 2.39. The fourth-order valence-corrected chi connectivity index (χ4v) is 5.71. The first-order valence-electron chi connectivity index (χ1n) is 14.1. The van der Waals surface area contributed by atoms with Crippen LogP contribution >= 0.6 is 0 Å². The molecule has 218 valence electrons. The average molecular weight is 575 g/mol. The van der Waals surface area contributed by atoms with Gasteiger partial charge in [-0.2, -0.15) is 0 Å². The maximum absolute atomic E-state index is 12.5. The zero-order valence-electron chi connectivity index (χ0n) is 24.7. The van der Waals surface area contributed by atoms with Crippen molar-refractivity contribution < 1.29 is 14.0 Å². The third-order valence-corrected chi connectivity index (χ3v) is 12.3. The predicted molar refractivity (Wildman–Crippen MR) is 166 cm³/mol. The van der Waals surface area contributed by atoms with E-state index in [0.29, 0.717) is 6.54 Å². The summed E-state index contributed by atoms with van der Waals surface area (Å²) >= 11 is 0. The molecule has 0 spiro atoms. The first kappa shape index (κ1) is 30.1. The Morgan fingerprint density at radius 2 is 1.85 bits per heavy atom. The van der Waals surface area contributed by atoms with Gasteiger partial charge in [0.1, 0.15) is 11.9 Å².